The molecule has 0 aliphatic heterocycles. The number of thiazole rings is 1. The molecule has 12 heteroatoms. The lowest BCUT2D eigenvalue weighted by molar-refractivity contribution is 0.1000. The number of hydrogen-bond donors (Lipinski definition) is 3. The second kappa shape index (κ2) is 9.98. The van der Waals surface area contributed by atoms with Crippen LogP contribution in [-0.4, -0.2) is 41.2 Å². The molecule has 5 rings (SSSR count). The molecule has 1 aliphatic carbocycles. The Balaban J connectivity index is 1.26. The van der Waals surface area contributed by atoms with Gasteiger partial charge in [-0.15, -0.1) is 0 Å². The van der Waals surface area contributed by atoms with E-state index in [0.717, 1.165) is 34.0 Å². The molecule has 3 heterocycles. The van der Waals surface area contributed by atoms with E-state index in [1.165, 1.54) is 18.4 Å². The molecule has 1 aromatic carbocycles. The lowest BCUT2D eigenvalue weighted by Crippen LogP contribution is -2.22. The Labute approximate surface area is 215 Å². The lowest BCUT2D eigenvalue weighted by atomic mass is 10.0. The number of primary amides is 1. The van der Waals surface area contributed by atoms with Crippen molar-refractivity contribution in [3.63, 3.8) is 0 Å². The number of nitrogens with zero attached hydrogens (tertiary/aromatic N) is 3. The minimum atomic E-state index is -0.509. The van der Waals surface area contributed by atoms with Crippen LogP contribution in [0.2, 0.25) is 10.0 Å². The van der Waals surface area contributed by atoms with Gasteiger partial charge in [0.25, 0.3) is 0 Å². The highest BCUT2D eigenvalue weighted by Crippen LogP contribution is 2.45. The SMILES string of the molecule is COc1cc(C(N)=O)cc2sc(NCCNCc3c(-c4c(Cl)cncc4Cl)noc3C3CC3)nc12. The zero-order chi connectivity index (χ0) is 24.5. The minimum absolute atomic E-state index is 0.383. The van der Waals surface area contributed by atoms with Crippen LogP contribution in [0.3, 0.4) is 0 Å². The minimum Gasteiger partial charge on any atom is -0.494 e. The van der Waals surface area contributed by atoms with E-state index in [1.807, 2.05) is 0 Å². The van der Waals surface area contributed by atoms with E-state index in [9.17, 15) is 4.79 Å². The van der Waals surface area contributed by atoms with Gasteiger partial charge in [0.2, 0.25) is 5.91 Å². The Bertz CT molecular complexity index is 1380. The van der Waals surface area contributed by atoms with Crippen LogP contribution in [0.1, 0.15) is 40.4 Å². The first-order valence-electron chi connectivity index (χ1n) is 11.0. The summed E-state index contributed by atoms with van der Waals surface area (Å²) < 4.78 is 11.9. The van der Waals surface area contributed by atoms with Gasteiger partial charge in [0.15, 0.2) is 5.13 Å². The van der Waals surface area contributed by atoms with Crippen LogP contribution in [0, 0.1) is 0 Å². The number of carbonyl (C=O) groups excluding carboxylic acids is 1. The maximum absolute atomic E-state index is 11.6. The fourth-order valence-corrected chi connectivity index (χ4v) is 5.33. The van der Waals surface area contributed by atoms with Crippen molar-refractivity contribution in [3.05, 3.63) is 51.5 Å². The standard InChI is InChI=1S/C23H22Cl2N6O3S/c1-33-16-6-12(22(26)32)7-17-20(16)30-23(35-17)29-5-4-27-8-13-19(31-34-21(13)11-2-3-11)18-14(24)9-28-10-15(18)25/h6-7,9-11,27H,2-5,8H2,1H3,(H2,26,32)(H,29,30). The summed E-state index contributed by atoms with van der Waals surface area (Å²) in [7, 11) is 1.54. The van der Waals surface area contributed by atoms with Crippen molar-refractivity contribution in [3.8, 4) is 17.0 Å². The average molecular weight is 533 g/mol. The fraction of sp³-hybridized carbons (Fsp3) is 0.304. The number of methoxy groups -OCH3 is 1. The van der Waals surface area contributed by atoms with Crippen LogP contribution in [0.25, 0.3) is 21.5 Å². The summed E-state index contributed by atoms with van der Waals surface area (Å²) in [6.45, 7) is 1.84. The first-order valence-corrected chi connectivity index (χ1v) is 12.5. The Kier molecular flexibility index (Phi) is 6.79. The topological polar surface area (TPSA) is 128 Å². The van der Waals surface area contributed by atoms with Crippen molar-refractivity contribution in [2.75, 3.05) is 25.5 Å². The average Bonchev–Trinajstić information content (AvgIpc) is 3.46. The van der Waals surface area contributed by atoms with Gasteiger partial charge < -0.3 is 25.6 Å². The molecule has 0 bridgehead atoms. The molecule has 0 atom stereocenters. The molecule has 0 unspecified atom stereocenters. The van der Waals surface area contributed by atoms with Gasteiger partial charge in [-0.3, -0.25) is 9.78 Å². The highest BCUT2D eigenvalue weighted by Gasteiger charge is 2.33. The number of amides is 1. The highest BCUT2D eigenvalue weighted by molar-refractivity contribution is 7.22. The number of nitrogens with two attached hydrogens (primary N) is 1. The molecule has 35 heavy (non-hydrogen) atoms. The molecule has 182 valence electrons. The number of benzene rings is 1. The zero-order valence-electron chi connectivity index (χ0n) is 18.7. The summed E-state index contributed by atoms with van der Waals surface area (Å²) in [5.41, 5.74) is 8.74. The summed E-state index contributed by atoms with van der Waals surface area (Å²) in [6.07, 6.45) is 5.27. The predicted molar refractivity (Wildman–Crippen MR) is 137 cm³/mol. The van der Waals surface area contributed by atoms with E-state index in [4.69, 9.17) is 38.2 Å². The van der Waals surface area contributed by atoms with Gasteiger partial charge >= 0.3 is 0 Å². The maximum Gasteiger partial charge on any atom is 0.248 e. The third-order valence-electron chi connectivity index (χ3n) is 5.70. The van der Waals surface area contributed by atoms with Crippen LogP contribution >= 0.6 is 34.5 Å². The summed E-state index contributed by atoms with van der Waals surface area (Å²) >= 11 is 14.2. The van der Waals surface area contributed by atoms with Crippen molar-refractivity contribution in [2.45, 2.75) is 25.3 Å². The zero-order valence-corrected chi connectivity index (χ0v) is 21.1. The maximum atomic E-state index is 11.6. The fourth-order valence-electron chi connectivity index (χ4n) is 3.84. The molecular weight excluding hydrogens is 511 g/mol. The van der Waals surface area contributed by atoms with Crippen LogP contribution in [0.4, 0.5) is 5.13 Å². The van der Waals surface area contributed by atoms with Crippen molar-refractivity contribution in [1.82, 2.24) is 20.4 Å². The number of nitrogens with one attached hydrogen (secondary N) is 2. The molecule has 0 spiro atoms. The van der Waals surface area contributed by atoms with Gasteiger partial charge in [-0.25, -0.2) is 4.98 Å². The largest absolute Gasteiger partial charge is 0.494 e. The normalized spacial score (nSPS) is 13.3. The lowest BCUT2D eigenvalue weighted by Gasteiger charge is -2.09. The highest BCUT2D eigenvalue weighted by atomic mass is 35.5. The monoisotopic (exact) mass is 532 g/mol. The van der Waals surface area contributed by atoms with Crippen molar-refractivity contribution >= 4 is 55.8 Å². The number of pyridine rings is 1. The molecule has 1 aliphatic rings. The molecule has 1 fully saturated rings. The number of carbonyl (C=O) groups is 1. The molecule has 1 saturated carbocycles. The van der Waals surface area contributed by atoms with E-state index in [0.29, 0.717) is 63.7 Å². The van der Waals surface area contributed by atoms with Crippen LogP contribution in [-0.2, 0) is 6.54 Å². The summed E-state index contributed by atoms with van der Waals surface area (Å²) in [5, 5.41) is 12.6. The Morgan fingerprint density at radius 1 is 1.26 bits per heavy atom. The van der Waals surface area contributed by atoms with E-state index in [2.05, 4.69) is 25.8 Å². The van der Waals surface area contributed by atoms with Crippen molar-refractivity contribution in [2.24, 2.45) is 5.73 Å². The van der Waals surface area contributed by atoms with E-state index in [1.54, 1.807) is 24.5 Å². The van der Waals surface area contributed by atoms with Gasteiger partial charge in [0.1, 0.15) is 22.7 Å². The van der Waals surface area contributed by atoms with Crippen LogP contribution in [0.15, 0.2) is 29.0 Å². The predicted octanol–water partition coefficient (Wildman–Crippen LogP) is 4.84. The van der Waals surface area contributed by atoms with Gasteiger partial charge in [-0.05, 0) is 25.0 Å². The van der Waals surface area contributed by atoms with Crippen LogP contribution < -0.4 is 21.1 Å². The van der Waals surface area contributed by atoms with Gasteiger partial charge in [0.05, 0.1) is 21.9 Å². The molecule has 9 nitrogen and oxygen atoms in total. The Hall–Kier alpha value is -2.92. The van der Waals surface area contributed by atoms with E-state index in [-0.39, 0.29) is 0 Å². The number of hydrogen-bond acceptors (Lipinski definition) is 9. The van der Waals surface area contributed by atoms with E-state index >= 15 is 0 Å². The Morgan fingerprint density at radius 3 is 2.71 bits per heavy atom. The Morgan fingerprint density at radius 2 is 2.03 bits per heavy atom. The number of aromatic nitrogens is 3. The second-order valence-electron chi connectivity index (χ2n) is 8.14. The van der Waals surface area contributed by atoms with Crippen molar-refractivity contribution < 1.29 is 14.1 Å². The molecule has 1 amide bonds. The van der Waals surface area contributed by atoms with Gasteiger partial charge in [-0.1, -0.05) is 39.7 Å². The van der Waals surface area contributed by atoms with Gasteiger partial charge in [-0.2, -0.15) is 0 Å². The molecular formula is C23H22Cl2N6O3S. The second-order valence-corrected chi connectivity index (χ2v) is 9.98. The number of halogens is 2. The summed E-state index contributed by atoms with van der Waals surface area (Å²) in [6, 6.07) is 3.33. The van der Waals surface area contributed by atoms with E-state index < -0.39 is 5.91 Å². The number of rotatable bonds is 10. The molecule has 3 aromatic heterocycles. The molecule has 4 aromatic rings. The summed E-state index contributed by atoms with van der Waals surface area (Å²) in [4.78, 5) is 20.2. The smallest absolute Gasteiger partial charge is 0.248 e. The number of fused-ring (bicyclic) bond motifs is 1. The summed E-state index contributed by atoms with van der Waals surface area (Å²) in [5.74, 6) is 1.27. The van der Waals surface area contributed by atoms with Crippen molar-refractivity contribution in [1.29, 1.82) is 0 Å². The van der Waals surface area contributed by atoms with Crippen LogP contribution in [0.5, 0.6) is 5.75 Å². The molecule has 0 saturated heterocycles. The van der Waals surface area contributed by atoms with Gasteiger partial charge in [0, 0.05) is 54.6 Å². The quantitative estimate of drug-likeness (QED) is 0.247. The first kappa shape index (κ1) is 23.8. The molecule has 4 N–H and O–H groups in total. The number of ether oxygens (including phenoxy) is 1. The third-order valence-corrected chi connectivity index (χ3v) is 7.23. The third kappa shape index (κ3) is 4.92. The molecule has 0 radical (unpaired) electrons. The number of anilines is 1. The first-order chi connectivity index (χ1) is 17.0.